The minimum absolute atomic E-state index is 0.422. The second-order valence-electron chi connectivity index (χ2n) is 5.66. The Labute approximate surface area is 109 Å². The highest BCUT2D eigenvalue weighted by molar-refractivity contribution is 4.60. The van der Waals surface area contributed by atoms with Crippen molar-refractivity contribution in [2.24, 2.45) is 5.92 Å². The van der Waals surface area contributed by atoms with Crippen molar-refractivity contribution in [3.8, 4) is 0 Å². The van der Waals surface area contributed by atoms with Gasteiger partial charge < -0.3 is 10.1 Å². The smallest absolute Gasteiger partial charge is 0.0549 e. The van der Waals surface area contributed by atoms with E-state index in [0.717, 1.165) is 19.1 Å². The van der Waals surface area contributed by atoms with E-state index >= 15 is 0 Å². The zero-order chi connectivity index (χ0) is 13.1. The number of ether oxygens (including phenoxy) is 1. The Kier molecular flexibility index (Phi) is 11.0. The maximum atomic E-state index is 5.80. The van der Waals surface area contributed by atoms with E-state index in [1.807, 2.05) is 0 Å². The van der Waals surface area contributed by atoms with Gasteiger partial charge in [-0.25, -0.2) is 0 Å². The molecule has 0 aromatic rings. The van der Waals surface area contributed by atoms with Crippen LogP contribution in [0, 0.1) is 5.92 Å². The Morgan fingerprint density at radius 2 is 1.76 bits per heavy atom. The van der Waals surface area contributed by atoms with Crippen molar-refractivity contribution in [3.05, 3.63) is 0 Å². The van der Waals surface area contributed by atoms with Crippen molar-refractivity contribution >= 4 is 0 Å². The predicted octanol–water partition coefficient (Wildman–Crippen LogP) is 4.00. The molecule has 2 heteroatoms. The minimum atomic E-state index is 0.422. The average molecular weight is 243 g/mol. The minimum Gasteiger partial charge on any atom is -0.379 e. The summed E-state index contributed by atoms with van der Waals surface area (Å²) in [5.41, 5.74) is 0. The Balaban J connectivity index is 3.28. The zero-order valence-electron chi connectivity index (χ0n) is 12.6. The molecule has 0 aliphatic rings. The molecule has 104 valence electrons. The SMILES string of the molecule is CCCNC(C)CCCCOC(C)CC(C)C. The highest BCUT2D eigenvalue weighted by Gasteiger charge is 2.05. The van der Waals surface area contributed by atoms with Crippen LogP contribution in [0.2, 0.25) is 0 Å². The van der Waals surface area contributed by atoms with Crippen LogP contribution in [0.5, 0.6) is 0 Å². The summed E-state index contributed by atoms with van der Waals surface area (Å²) < 4.78 is 5.80. The van der Waals surface area contributed by atoms with E-state index in [-0.39, 0.29) is 0 Å². The monoisotopic (exact) mass is 243 g/mol. The van der Waals surface area contributed by atoms with Gasteiger partial charge in [0.05, 0.1) is 6.10 Å². The van der Waals surface area contributed by atoms with Crippen LogP contribution in [0.4, 0.5) is 0 Å². The van der Waals surface area contributed by atoms with Crippen LogP contribution in [0.25, 0.3) is 0 Å². The lowest BCUT2D eigenvalue weighted by molar-refractivity contribution is 0.0492. The van der Waals surface area contributed by atoms with Crippen molar-refractivity contribution in [2.45, 2.75) is 78.9 Å². The van der Waals surface area contributed by atoms with Crippen LogP contribution in [0.3, 0.4) is 0 Å². The third-order valence-corrected chi connectivity index (χ3v) is 2.98. The third kappa shape index (κ3) is 12.2. The van der Waals surface area contributed by atoms with Crippen molar-refractivity contribution < 1.29 is 4.74 Å². The lowest BCUT2D eigenvalue weighted by atomic mass is 10.1. The lowest BCUT2D eigenvalue weighted by Crippen LogP contribution is -2.26. The first-order chi connectivity index (χ1) is 8.06. The second kappa shape index (κ2) is 11.0. The molecule has 0 aliphatic heterocycles. The van der Waals surface area contributed by atoms with Gasteiger partial charge in [0, 0.05) is 12.6 Å². The quantitative estimate of drug-likeness (QED) is 0.554. The molecule has 0 aromatic heterocycles. The number of unbranched alkanes of at least 4 members (excludes halogenated alkanes) is 1. The normalized spacial score (nSPS) is 15.2. The molecule has 0 fully saturated rings. The van der Waals surface area contributed by atoms with Crippen LogP contribution in [-0.2, 0) is 4.74 Å². The van der Waals surface area contributed by atoms with Crippen LogP contribution in [-0.4, -0.2) is 25.3 Å². The summed E-state index contributed by atoms with van der Waals surface area (Å²) in [4.78, 5) is 0. The van der Waals surface area contributed by atoms with E-state index in [4.69, 9.17) is 4.74 Å². The molecule has 2 atom stereocenters. The highest BCUT2D eigenvalue weighted by Crippen LogP contribution is 2.09. The van der Waals surface area contributed by atoms with Crippen molar-refractivity contribution in [2.75, 3.05) is 13.2 Å². The highest BCUT2D eigenvalue weighted by atomic mass is 16.5. The first kappa shape index (κ1) is 16.9. The molecule has 0 radical (unpaired) electrons. The summed E-state index contributed by atoms with van der Waals surface area (Å²) in [6.07, 6.45) is 6.55. The topological polar surface area (TPSA) is 21.3 Å². The molecule has 0 heterocycles. The Morgan fingerprint density at radius 3 is 2.35 bits per heavy atom. The number of nitrogens with one attached hydrogen (secondary N) is 1. The molecule has 0 saturated carbocycles. The van der Waals surface area contributed by atoms with E-state index < -0.39 is 0 Å². The van der Waals surface area contributed by atoms with E-state index in [2.05, 4.69) is 39.9 Å². The van der Waals surface area contributed by atoms with Crippen molar-refractivity contribution in [1.29, 1.82) is 0 Å². The fourth-order valence-corrected chi connectivity index (χ4v) is 2.06. The van der Waals surface area contributed by atoms with E-state index in [1.54, 1.807) is 0 Å². The molecular weight excluding hydrogens is 210 g/mol. The number of hydrogen-bond donors (Lipinski definition) is 1. The van der Waals surface area contributed by atoms with Gasteiger partial charge in [-0.05, 0) is 58.4 Å². The van der Waals surface area contributed by atoms with Gasteiger partial charge in [0.15, 0.2) is 0 Å². The molecule has 2 nitrogen and oxygen atoms in total. The van der Waals surface area contributed by atoms with Gasteiger partial charge in [-0.1, -0.05) is 20.8 Å². The van der Waals surface area contributed by atoms with Crippen LogP contribution in [0.15, 0.2) is 0 Å². The largest absolute Gasteiger partial charge is 0.379 e. The Hall–Kier alpha value is -0.0800. The van der Waals surface area contributed by atoms with Crippen LogP contribution < -0.4 is 5.32 Å². The van der Waals surface area contributed by atoms with Crippen LogP contribution in [0.1, 0.15) is 66.7 Å². The van der Waals surface area contributed by atoms with Crippen LogP contribution >= 0.6 is 0 Å². The Bertz CT molecular complexity index is 159. The first-order valence-electron chi connectivity index (χ1n) is 7.41. The number of hydrogen-bond acceptors (Lipinski definition) is 2. The first-order valence-corrected chi connectivity index (χ1v) is 7.41. The van der Waals surface area contributed by atoms with Crippen molar-refractivity contribution in [1.82, 2.24) is 5.32 Å². The molecule has 0 amide bonds. The summed E-state index contributed by atoms with van der Waals surface area (Å²) in [6, 6.07) is 0.656. The molecule has 0 aliphatic carbocycles. The van der Waals surface area contributed by atoms with Gasteiger partial charge >= 0.3 is 0 Å². The molecule has 0 spiro atoms. The van der Waals surface area contributed by atoms with Gasteiger partial charge in [-0.15, -0.1) is 0 Å². The lowest BCUT2D eigenvalue weighted by Gasteiger charge is -2.16. The summed E-state index contributed by atoms with van der Waals surface area (Å²) in [6.45, 7) is 13.2. The molecule has 0 saturated heterocycles. The average Bonchev–Trinajstić information content (AvgIpc) is 2.24. The Morgan fingerprint density at radius 1 is 1.06 bits per heavy atom. The molecule has 0 bridgehead atoms. The van der Waals surface area contributed by atoms with Gasteiger partial charge in [0.25, 0.3) is 0 Å². The summed E-state index contributed by atoms with van der Waals surface area (Å²) in [5, 5.41) is 3.52. The molecule has 0 rings (SSSR count). The molecule has 0 aromatic carbocycles. The van der Waals surface area contributed by atoms with Gasteiger partial charge in [0.2, 0.25) is 0 Å². The molecule has 1 N–H and O–H groups in total. The summed E-state index contributed by atoms with van der Waals surface area (Å²) in [7, 11) is 0. The maximum Gasteiger partial charge on any atom is 0.0549 e. The predicted molar refractivity (Wildman–Crippen MR) is 76.5 cm³/mol. The van der Waals surface area contributed by atoms with Gasteiger partial charge in [0.1, 0.15) is 0 Å². The number of rotatable bonds is 11. The summed E-state index contributed by atoms with van der Waals surface area (Å²) >= 11 is 0. The molecular formula is C15H33NO. The van der Waals surface area contributed by atoms with E-state index in [9.17, 15) is 0 Å². The zero-order valence-corrected chi connectivity index (χ0v) is 12.6. The summed E-state index contributed by atoms with van der Waals surface area (Å²) in [5.74, 6) is 0.739. The fraction of sp³-hybridized carbons (Fsp3) is 1.00. The van der Waals surface area contributed by atoms with Gasteiger partial charge in [-0.3, -0.25) is 0 Å². The standard InChI is InChI=1S/C15H33NO/c1-6-10-16-14(4)9-7-8-11-17-15(5)12-13(2)3/h13-16H,6-12H2,1-5H3. The second-order valence-corrected chi connectivity index (χ2v) is 5.66. The van der Waals surface area contributed by atoms with Crippen molar-refractivity contribution in [3.63, 3.8) is 0 Å². The maximum absolute atomic E-state index is 5.80. The van der Waals surface area contributed by atoms with E-state index in [1.165, 1.54) is 32.1 Å². The third-order valence-electron chi connectivity index (χ3n) is 2.98. The molecule has 17 heavy (non-hydrogen) atoms. The fourth-order valence-electron chi connectivity index (χ4n) is 2.06. The van der Waals surface area contributed by atoms with Gasteiger partial charge in [-0.2, -0.15) is 0 Å². The van der Waals surface area contributed by atoms with E-state index in [0.29, 0.717) is 12.1 Å². The molecule has 2 unspecified atom stereocenters.